The molecule has 6 heteroatoms. The highest BCUT2D eigenvalue weighted by molar-refractivity contribution is 7.99. The summed E-state index contributed by atoms with van der Waals surface area (Å²) >= 11 is 7.61. The van der Waals surface area contributed by atoms with Gasteiger partial charge < -0.3 is 9.67 Å². The Morgan fingerprint density at radius 1 is 1.20 bits per heavy atom. The minimum Gasteiger partial charge on any atom is -0.481 e. The zero-order valence-corrected chi connectivity index (χ0v) is 18.0. The first kappa shape index (κ1) is 21.7. The van der Waals surface area contributed by atoms with Gasteiger partial charge in [-0.05, 0) is 24.3 Å². The Labute approximate surface area is 185 Å². The van der Waals surface area contributed by atoms with E-state index in [0.717, 1.165) is 32.6 Å². The van der Waals surface area contributed by atoms with Crippen LogP contribution in [0.5, 0.6) is 0 Å². The summed E-state index contributed by atoms with van der Waals surface area (Å²) in [5.74, 6) is -0.0605. The van der Waals surface area contributed by atoms with Gasteiger partial charge in [0.25, 0.3) is 0 Å². The Morgan fingerprint density at radius 3 is 2.53 bits per heavy atom. The van der Waals surface area contributed by atoms with Gasteiger partial charge >= 0.3 is 5.97 Å². The molecule has 4 nitrogen and oxygen atoms in total. The molecule has 0 saturated heterocycles. The minimum absolute atomic E-state index is 0.0630. The van der Waals surface area contributed by atoms with E-state index < -0.39 is 5.97 Å². The molecule has 0 saturated carbocycles. The molecule has 0 unspecified atom stereocenters. The average molecular weight is 437 g/mol. The summed E-state index contributed by atoms with van der Waals surface area (Å²) in [7, 11) is 1.98. The van der Waals surface area contributed by atoms with Crippen molar-refractivity contribution in [1.29, 1.82) is 0 Å². The molecule has 0 spiro atoms. The lowest BCUT2D eigenvalue weighted by molar-refractivity contribution is -0.136. The van der Waals surface area contributed by atoms with Crippen LogP contribution in [0.15, 0.2) is 95.4 Å². The third-order valence-electron chi connectivity index (χ3n) is 4.26. The molecule has 1 heterocycles. The second-order valence-electron chi connectivity index (χ2n) is 6.43. The Bertz CT molecular complexity index is 1100. The Balaban J connectivity index is 2.12. The quantitative estimate of drug-likeness (QED) is 0.410. The first-order valence-corrected chi connectivity index (χ1v) is 10.5. The van der Waals surface area contributed by atoms with Crippen LogP contribution in [0.25, 0.3) is 17.0 Å². The van der Waals surface area contributed by atoms with Crippen molar-refractivity contribution in [2.75, 3.05) is 0 Å². The smallest absolute Gasteiger partial charge is 0.307 e. The van der Waals surface area contributed by atoms with E-state index >= 15 is 0 Å². The number of allylic oxidation sites excluding steroid dienone is 4. The first-order chi connectivity index (χ1) is 14.5. The van der Waals surface area contributed by atoms with Crippen LogP contribution in [-0.2, 0) is 11.8 Å². The largest absolute Gasteiger partial charge is 0.481 e. The number of imidazole rings is 1. The number of carboxylic acids is 1. The van der Waals surface area contributed by atoms with Gasteiger partial charge in [-0.15, -0.1) is 0 Å². The van der Waals surface area contributed by atoms with Crippen LogP contribution in [0.4, 0.5) is 0 Å². The van der Waals surface area contributed by atoms with Gasteiger partial charge in [-0.3, -0.25) is 4.79 Å². The number of carboxylic acid groups (broad SMARTS) is 1. The maximum atomic E-state index is 10.9. The fraction of sp³-hybridized carbons (Fsp3) is 0.0833. The third kappa shape index (κ3) is 5.32. The molecule has 0 fully saturated rings. The van der Waals surface area contributed by atoms with Crippen molar-refractivity contribution < 1.29 is 9.90 Å². The number of benzene rings is 2. The van der Waals surface area contributed by atoms with Gasteiger partial charge in [0.1, 0.15) is 16.5 Å². The van der Waals surface area contributed by atoms with Crippen LogP contribution in [0.2, 0.25) is 5.02 Å². The topological polar surface area (TPSA) is 55.1 Å². The second-order valence-corrected chi connectivity index (χ2v) is 7.93. The van der Waals surface area contributed by atoms with Gasteiger partial charge in [-0.25, -0.2) is 4.98 Å². The van der Waals surface area contributed by atoms with Crippen LogP contribution >= 0.6 is 23.4 Å². The highest BCUT2D eigenvalue weighted by atomic mass is 35.5. The average Bonchev–Trinajstić information content (AvgIpc) is 3.05. The molecule has 1 N–H and O–H groups in total. The van der Waals surface area contributed by atoms with Crippen molar-refractivity contribution in [1.82, 2.24) is 9.55 Å². The van der Waals surface area contributed by atoms with Gasteiger partial charge in [0.15, 0.2) is 0 Å². The molecular formula is C24H21ClN2O2S. The van der Waals surface area contributed by atoms with Crippen LogP contribution in [0, 0.1) is 0 Å². The summed E-state index contributed by atoms with van der Waals surface area (Å²) in [6.45, 7) is 3.80. The van der Waals surface area contributed by atoms with Crippen molar-refractivity contribution in [3.8, 4) is 11.4 Å². The molecule has 2 aromatic carbocycles. The number of hydrogen-bond donors (Lipinski definition) is 1. The maximum Gasteiger partial charge on any atom is 0.307 e. The van der Waals surface area contributed by atoms with Crippen molar-refractivity contribution >= 4 is 34.9 Å². The predicted molar refractivity (Wildman–Crippen MR) is 124 cm³/mol. The molecule has 0 amide bonds. The maximum absolute atomic E-state index is 10.9. The monoisotopic (exact) mass is 436 g/mol. The number of carbonyl (C=O) groups is 1. The number of aromatic nitrogens is 2. The number of hydrogen-bond acceptors (Lipinski definition) is 3. The zero-order chi connectivity index (χ0) is 21.5. The van der Waals surface area contributed by atoms with E-state index in [4.69, 9.17) is 21.7 Å². The molecule has 0 aliphatic carbocycles. The summed E-state index contributed by atoms with van der Waals surface area (Å²) in [6.07, 6.45) is 6.84. The highest BCUT2D eigenvalue weighted by Crippen LogP contribution is 2.37. The van der Waals surface area contributed by atoms with Crippen LogP contribution < -0.4 is 0 Å². The second kappa shape index (κ2) is 10.1. The van der Waals surface area contributed by atoms with E-state index in [0.29, 0.717) is 5.02 Å². The van der Waals surface area contributed by atoms with Crippen molar-refractivity contribution in [2.45, 2.75) is 16.3 Å². The van der Waals surface area contributed by atoms with Crippen molar-refractivity contribution in [2.24, 2.45) is 7.05 Å². The summed E-state index contributed by atoms with van der Waals surface area (Å²) in [5, 5.41) is 10.6. The molecule has 3 aromatic rings. The summed E-state index contributed by atoms with van der Waals surface area (Å²) in [5.41, 5.74) is 2.55. The number of rotatable bonds is 8. The molecule has 152 valence electrons. The molecule has 3 rings (SSSR count). The van der Waals surface area contributed by atoms with Gasteiger partial charge in [0.05, 0.1) is 6.42 Å². The van der Waals surface area contributed by atoms with Crippen molar-refractivity contribution in [3.05, 3.63) is 96.2 Å². The van der Waals surface area contributed by atoms with Crippen LogP contribution in [-0.4, -0.2) is 20.6 Å². The summed E-state index contributed by atoms with van der Waals surface area (Å²) in [6, 6.07) is 17.6. The number of halogens is 1. The molecule has 0 atom stereocenters. The lowest BCUT2D eigenvalue weighted by Gasteiger charge is -2.08. The van der Waals surface area contributed by atoms with Gasteiger partial charge in [0.2, 0.25) is 0 Å². The fourth-order valence-corrected chi connectivity index (χ4v) is 3.98. The first-order valence-electron chi connectivity index (χ1n) is 9.26. The summed E-state index contributed by atoms with van der Waals surface area (Å²) in [4.78, 5) is 16.9. The van der Waals surface area contributed by atoms with Gasteiger partial charge in [-0.1, -0.05) is 84.6 Å². The van der Waals surface area contributed by atoms with E-state index in [-0.39, 0.29) is 6.42 Å². The van der Waals surface area contributed by atoms with E-state index in [1.165, 1.54) is 0 Å². The molecule has 0 radical (unpaired) electrons. The lowest BCUT2D eigenvalue weighted by Crippen LogP contribution is -1.95. The van der Waals surface area contributed by atoms with Crippen LogP contribution in [0.3, 0.4) is 0 Å². The number of nitrogens with zero attached hydrogens (tertiary/aromatic N) is 2. The van der Waals surface area contributed by atoms with E-state index in [9.17, 15) is 4.79 Å². The molecule has 0 bridgehead atoms. The highest BCUT2D eigenvalue weighted by Gasteiger charge is 2.19. The Hall–Kier alpha value is -3.02. The molecule has 0 aliphatic rings. The van der Waals surface area contributed by atoms with Crippen molar-refractivity contribution in [3.63, 3.8) is 0 Å². The van der Waals surface area contributed by atoms with Crippen LogP contribution in [0.1, 0.15) is 12.1 Å². The molecular weight excluding hydrogens is 416 g/mol. The molecule has 0 aliphatic heterocycles. The third-order valence-corrected chi connectivity index (χ3v) is 5.68. The summed E-state index contributed by atoms with van der Waals surface area (Å²) < 4.78 is 2.05. The molecule has 30 heavy (non-hydrogen) atoms. The SMILES string of the molecule is C=C/C=C(\C=C/CC(=O)O)c1nc(-c2ccccc2)n(C)c1Sc1ccc(Cl)cc1. The minimum atomic E-state index is -0.883. The zero-order valence-electron chi connectivity index (χ0n) is 16.5. The van der Waals surface area contributed by atoms with E-state index in [1.54, 1.807) is 30.0 Å². The van der Waals surface area contributed by atoms with Gasteiger partial charge in [0, 0.05) is 28.1 Å². The number of aliphatic carboxylic acids is 1. The Morgan fingerprint density at radius 2 is 1.90 bits per heavy atom. The van der Waals surface area contributed by atoms with E-state index in [1.807, 2.05) is 72.3 Å². The predicted octanol–water partition coefficient (Wildman–Crippen LogP) is 6.49. The Kier molecular flexibility index (Phi) is 7.33. The molecule has 1 aromatic heterocycles. The van der Waals surface area contributed by atoms with Gasteiger partial charge in [-0.2, -0.15) is 0 Å². The van der Waals surface area contributed by atoms with E-state index in [2.05, 4.69) is 6.58 Å². The lowest BCUT2D eigenvalue weighted by atomic mass is 10.1. The normalized spacial score (nSPS) is 11.7. The fourth-order valence-electron chi connectivity index (χ4n) is 2.88. The standard InChI is InChI=1S/C24H21ClN2O2S/c1-3-8-17(11-7-12-21(28)29)22-24(30-20-15-13-19(25)14-16-20)27(2)23(26-22)18-9-5-4-6-10-18/h3-11,13-16H,1,12H2,2H3,(H,28,29)/b11-7-,17-8+.